The molecule has 1 saturated heterocycles. The summed E-state index contributed by atoms with van der Waals surface area (Å²) >= 11 is 0. The van der Waals surface area contributed by atoms with Gasteiger partial charge in [0.15, 0.2) is 0 Å². The van der Waals surface area contributed by atoms with Crippen LogP contribution in [-0.4, -0.2) is 29.9 Å². The summed E-state index contributed by atoms with van der Waals surface area (Å²) in [6, 6.07) is 6.87. The average molecular weight is 278 g/mol. The summed E-state index contributed by atoms with van der Waals surface area (Å²) in [4.78, 5) is 14.3. The van der Waals surface area contributed by atoms with Crippen LogP contribution in [0.1, 0.15) is 32.3 Å². The molecular formula is C16H23FN2O. The van der Waals surface area contributed by atoms with E-state index >= 15 is 0 Å². The summed E-state index contributed by atoms with van der Waals surface area (Å²) in [5.74, 6) is -0.00254. The van der Waals surface area contributed by atoms with Crippen molar-refractivity contribution >= 4 is 5.91 Å². The van der Waals surface area contributed by atoms with Crippen LogP contribution < -0.4 is 5.32 Å². The molecule has 0 bridgehead atoms. The van der Waals surface area contributed by atoms with E-state index in [1.807, 2.05) is 19.9 Å². The fourth-order valence-corrected chi connectivity index (χ4v) is 2.71. The van der Waals surface area contributed by atoms with Gasteiger partial charge in [0, 0.05) is 19.1 Å². The highest BCUT2D eigenvalue weighted by Gasteiger charge is 2.25. The first-order valence-electron chi connectivity index (χ1n) is 7.32. The smallest absolute Gasteiger partial charge is 0.224 e. The molecule has 0 radical (unpaired) electrons. The van der Waals surface area contributed by atoms with Crippen molar-refractivity contribution in [3.63, 3.8) is 0 Å². The highest BCUT2D eigenvalue weighted by Crippen LogP contribution is 2.19. The Labute approximate surface area is 120 Å². The molecule has 1 aliphatic rings. The number of piperidine rings is 1. The fourth-order valence-electron chi connectivity index (χ4n) is 2.71. The Morgan fingerprint density at radius 1 is 1.50 bits per heavy atom. The third-order valence-corrected chi connectivity index (χ3v) is 3.60. The van der Waals surface area contributed by atoms with E-state index in [4.69, 9.17) is 0 Å². The number of carbonyl (C=O) groups excluding carboxylic acids is 1. The molecule has 3 nitrogen and oxygen atoms in total. The molecule has 110 valence electrons. The first-order chi connectivity index (χ1) is 9.54. The highest BCUT2D eigenvalue weighted by molar-refractivity contribution is 5.79. The molecule has 0 saturated carbocycles. The van der Waals surface area contributed by atoms with Crippen molar-refractivity contribution in [2.45, 2.75) is 39.3 Å². The summed E-state index contributed by atoms with van der Waals surface area (Å²) in [7, 11) is 0. The normalized spacial score (nSPS) is 20.1. The molecule has 0 unspecified atom stereocenters. The maximum Gasteiger partial charge on any atom is 0.224 e. The van der Waals surface area contributed by atoms with E-state index in [1.165, 1.54) is 6.07 Å². The maximum atomic E-state index is 13.2. The third-order valence-electron chi connectivity index (χ3n) is 3.60. The first kappa shape index (κ1) is 15.0. The number of carbonyl (C=O) groups is 1. The van der Waals surface area contributed by atoms with E-state index in [1.54, 1.807) is 12.1 Å². The third kappa shape index (κ3) is 4.30. The topological polar surface area (TPSA) is 32.3 Å². The second-order valence-corrected chi connectivity index (χ2v) is 5.87. The predicted octanol–water partition coefficient (Wildman–Crippen LogP) is 2.56. The van der Waals surface area contributed by atoms with Crippen LogP contribution in [0.4, 0.5) is 4.39 Å². The van der Waals surface area contributed by atoms with Gasteiger partial charge in [0.05, 0.1) is 5.92 Å². The van der Waals surface area contributed by atoms with Crippen molar-refractivity contribution in [2.24, 2.45) is 5.92 Å². The van der Waals surface area contributed by atoms with Gasteiger partial charge in [-0.25, -0.2) is 4.39 Å². The van der Waals surface area contributed by atoms with Crippen LogP contribution in [0.25, 0.3) is 0 Å². The fraction of sp³-hybridized carbons (Fsp3) is 0.562. The van der Waals surface area contributed by atoms with Crippen molar-refractivity contribution in [3.8, 4) is 0 Å². The highest BCUT2D eigenvalue weighted by atomic mass is 19.1. The minimum Gasteiger partial charge on any atom is -0.354 e. The van der Waals surface area contributed by atoms with Crippen LogP contribution in [0.2, 0.25) is 0 Å². The van der Waals surface area contributed by atoms with Crippen molar-refractivity contribution in [2.75, 3.05) is 13.1 Å². The lowest BCUT2D eigenvalue weighted by Gasteiger charge is -2.32. The largest absolute Gasteiger partial charge is 0.354 e. The Morgan fingerprint density at radius 2 is 2.30 bits per heavy atom. The number of amides is 1. The molecule has 1 heterocycles. The van der Waals surface area contributed by atoms with Gasteiger partial charge in [0.25, 0.3) is 0 Å². The summed E-state index contributed by atoms with van der Waals surface area (Å²) in [5.41, 5.74) is 0.968. The van der Waals surface area contributed by atoms with Crippen molar-refractivity contribution in [1.29, 1.82) is 0 Å². The molecule has 1 aromatic carbocycles. The molecule has 1 amide bonds. The lowest BCUT2D eigenvalue weighted by molar-refractivity contribution is -0.127. The SMILES string of the molecule is CC(C)NC(=O)[C@H]1CCCN(Cc2cccc(F)c2)C1. The van der Waals surface area contributed by atoms with E-state index < -0.39 is 0 Å². The van der Waals surface area contributed by atoms with E-state index in [2.05, 4.69) is 10.2 Å². The Hall–Kier alpha value is -1.42. The molecule has 1 atom stereocenters. The second-order valence-electron chi connectivity index (χ2n) is 5.87. The molecule has 2 rings (SSSR count). The summed E-state index contributed by atoms with van der Waals surface area (Å²) in [6.45, 7) is 6.40. The minimum atomic E-state index is -0.200. The van der Waals surface area contributed by atoms with Gasteiger partial charge in [-0.3, -0.25) is 9.69 Å². The summed E-state index contributed by atoms with van der Waals surface area (Å²) in [6.07, 6.45) is 1.96. The molecule has 20 heavy (non-hydrogen) atoms. The Morgan fingerprint density at radius 3 is 3.00 bits per heavy atom. The van der Waals surface area contributed by atoms with E-state index in [0.29, 0.717) is 6.54 Å². The van der Waals surface area contributed by atoms with Gasteiger partial charge in [-0.15, -0.1) is 0 Å². The van der Waals surface area contributed by atoms with E-state index in [0.717, 1.165) is 31.5 Å². The summed E-state index contributed by atoms with van der Waals surface area (Å²) < 4.78 is 13.2. The standard InChI is InChI=1S/C16H23FN2O/c1-12(2)18-16(20)14-6-4-8-19(11-14)10-13-5-3-7-15(17)9-13/h3,5,7,9,12,14H,4,6,8,10-11H2,1-2H3,(H,18,20)/t14-/m0/s1. The van der Waals surface area contributed by atoms with Gasteiger partial charge < -0.3 is 5.32 Å². The zero-order valence-corrected chi connectivity index (χ0v) is 12.2. The van der Waals surface area contributed by atoms with Gasteiger partial charge in [-0.1, -0.05) is 12.1 Å². The van der Waals surface area contributed by atoms with Crippen LogP contribution in [0, 0.1) is 11.7 Å². The van der Waals surface area contributed by atoms with Gasteiger partial charge >= 0.3 is 0 Å². The van der Waals surface area contributed by atoms with Crippen LogP contribution in [-0.2, 0) is 11.3 Å². The quantitative estimate of drug-likeness (QED) is 0.918. The van der Waals surface area contributed by atoms with Crippen molar-refractivity contribution in [1.82, 2.24) is 10.2 Å². The molecule has 0 aromatic heterocycles. The monoisotopic (exact) mass is 278 g/mol. The number of likely N-dealkylation sites (tertiary alicyclic amines) is 1. The number of hydrogen-bond donors (Lipinski definition) is 1. The molecule has 4 heteroatoms. The van der Waals surface area contributed by atoms with Crippen LogP contribution >= 0.6 is 0 Å². The van der Waals surface area contributed by atoms with E-state index in [9.17, 15) is 9.18 Å². The zero-order chi connectivity index (χ0) is 14.5. The zero-order valence-electron chi connectivity index (χ0n) is 12.2. The molecule has 1 aliphatic heterocycles. The Kier molecular flexibility index (Phi) is 5.12. The van der Waals surface area contributed by atoms with Crippen molar-refractivity contribution in [3.05, 3.63) is 35.6 Å². The lowest BCUT2D eigenvalue weighted by atomic mass is 9.96. The van der Waals surface area contributed by atoms with Gasteiger partial charge in [0.2, 0.25) is 5.91 Å². The molecule has 1 aromatic rings. The number of benzene rings is 1. The molecule has 0 aliphatic carbocycles. The van der Waals surface area contributed by atoms with Crippen molar-refractivity contribution < 1.29 is 9.18 Å². The number of halogens is 1. The molecule has 0 spiro atoms. The number of rotatable bonds is 4. The van der Waals surface area contributed by atoms with E-state index in [-0.39, 0.29) is 23.7 Å². The maximum absolute atomic E-state index is 13.2. The van der Waals surface area contributed by atoms with Gasteiger partial charge in [-0.05, 0) is 50.9 Å². The van der Waals surface area contributed by atoms with Gasteiger partial charge in [0.1, 0.15) is 5.82 Å². The predicted molar refractivity (Wildman–Crippen MR) is 77.7 cm³/mol. The Balaban J connectivity index is 1.92. The van der Waals surface area contributed by atoms with Crippen LogP contribution in [0.15, 0.2) is 24.3 Å². The average Bonchev–Trinajstić information content (AvgIpc) is 2.38. The minimum absolute atomic E-state index is 0.0553. The first-order valence-corrected chi connectivity index (χ1v) is 7.32. The molecule has 1 N–H and O–H groups in total. The number of nitrogens with zero attached hydrogens (tertiary/aromatic N) is 1. The molecular weight excluding hydrogens is 255 g/mol. The van der Waals surface area contributed by atoms with Crippen LogP contribution in [0.5, 0.6) is 0 Å². The second kappa shape index (κ2) is 6.84. The number of nitrogens with one attached hydrogen (secondary N) is 1. The molecule has 1 fully saturated rings. The lowest BCUT2D eigenvalue weighted by Crippen LogP contribution is -2.44. The van der Waals surface area contributed by atoms with Crippen LogP contribution in [0.3, 0.4) is 0 Å². The Bertz CT molecular complexity index is 462. The summed E-state index contributed by atoms with van der Waals surface area (Å²) in [5, 5.41) is 2.98. The van der Waals surface area contributed by atoms with Gasteiger partial charge in [-0.2, -0.15) is 0 Å². The number of hydrogen-bond acceptors (Lipinski definition) is 2.